The van der Waals surface area contributed by atoms with Crippen molar-refractivity contribution < 1.29 is 24.1 Å². The van der Waals surface area contributed by atoms with Crippen LogP contribution in [0.5, 0.6) is 23.0 Å². The molecule has 1 heterocycles. The molecular formula is C17H14O5. The number of benzene rings is 2. The highest BCUT2D eigenvalue weighted by molar-refractivity contribution is 6.16. The van der Waals surface area contributed by atoms with Gasteiger partial charge in [0.15, 0.2) is 5.76 Å². The molecule has 1 N–H and O–H groups in total. The molecule has 3 rings (SSSR count). The van der Waals surface area contributed by atoms with E-state index in [0.717, 1.165) is 0 Å². The van der Waals surface area contributed by atoms with Crippen LogP contribution >= 0.6 is 0 Å². The number of ether oxygens (including phenoxy) is 3. The number of ketones is 1. The van der Waals surface area contributed by atoms with E-state index in [2.05, 4.69) is 0 Å². The fraction of sp³-hybridized carbons (Fsp3) is 0.118. The quantitative estimate of drug-likeness (QED) is 0.882. The Hall–Kier alpha value is -2.95. The zero-order valence-electron chi connectivity index (χ0n) is 12.1. The number of aromatic hydroxyl groups is 1. The number of methoxy groups -OCH3 is 2. The first kappa shape index (κ1) is 14.0. The summed E-state index contributed by atoms with van der Waals surface area (Å²) >= 11 is 0. The molecule has 0 saturated carbocycles. The lowest BCUT2D eigenvalue weighted by atomic mass is 10.1. The molecule has 112 valence electrons. The van der Waals surface area contributed by atoms with Crippen LogP contribution in [0.25, 0.3) is 6.08 Å². The minimum atomic E-state index is -0.374. The number of allylic oxidation sites excluding steroid dienone is 1. The minimum absolute atomic E-state index is 0.0992. The first-order valence-corrected chi connectivity index (χ1v) is 6.63. The fourth-order valence-electron chi connectivity index (χ4n) is 2.37. The lowest BCUT2D eigenvalue weighted by Gasteiger charge is -2.10. The van der Waals surface area contributed by atoms with Crippen LogP contribution in [0.4, 0.5) is 0 Å². The maximum atomic E-state index is 12.4. The highest BCUT2D eigenvalue weighted by atomic mass is 16.5. The van der Waals surface area contributed by atoms with Crippen LogP contribution in [-0.2, 0) is 0 Å². The second-order valence-electron chi connectivity index (χ2n) is 4.67. The Kier molecular flexibility index (Phi) is 3.47. The first-order valence-electron chi connectivity index (χ1n) is 6.63. The molecule has 0 fully saturated rings. The van der Waals surface area contributed by atoms with Gasteiger partial charge >= 0.3 is 0 Å². The van der Waals surface area contributed by atoms with Crippen molar-refractivity contribution in [1.29, 1.82) is 0 Å². The smallest absolute Gasteiger partial charge is 0.235 e. The van der Waals surface area contributed by atoms with Gasteiger partial charge in [-0.3, -0.25) is 4.79 Å². The van der Waals surface area contributed by atoms with Gasteiger partial charge < -0.3 is 19.3 Å². The summed E-state index contributed by atoms with van der Waals surface area (Å²) in [5.74, 6) is 1.09. The molecular weight excluding hydrogens is 284 g/mol. The van der Waals surface area contributed by atoms with Crippen molar-refractivity contribution >= 4 is 11.9 Å². The highest BCUT2D eigenvalue weighted by Gasteiger charge is 2.30. The van der Waals surface area contributed by atoms with Crippen LogP contribution in [0.1, 0.15) is 15.9 Å². The van der Waals surface area contributed by atoms with E-state index < -0.39 is 0 Å². The summed E-state index contributed by atoms with van der Waals surface area (Å²) in [6, 6.07) is 10.0. The monoisotopic (exact) mass is 298 g/mol. The van der Waals surface area contributed by atoms with Gasteiger partial charge in [-0.2, -0.15) is 0 Å². The Bertz CT molecular complexity index is 754. The molecule has 0 saturated heterocycles. The molecule has 0 amide bonds. The van der Waals surface area contributed by atoms with E-state index in [4.69, 9.17) is 14.2 Å². The standard InChI is InChI=1S/C17H14O5/c1-20-12-6-4-7-13(21-2)10(12)9-15-17(19)16-11(18)5-3-8-14(16)22-15/h3-9,18H,1-2H3/b15-9-. The van der Waals surface area contributed by atoms with E-state index in [0.29, 0.717) is 22.8 Å². The SMILES string of the molecule is COc1cccc(OC)c1/C=C1\Oc2cccc(O)c2C1=O. The molecule has 5 nitrogen and oxygen atoms in total. The third-order valence-electron chi connectivity index (χ3n) is 3.42. The van der Waals surface area contributed by atoms with Crippen LogP contribution in [0.2, 0.25) is 0 Å². The molecule has 22 heavy (non-hydrogen) atoms. The third kappa shape index (κ3) is 2.16. The summed E-state index contributed by atoms with van der Waals surface area (Å²) in [5, 5.41) is 9.81. The third-order valence-corrected chi connectivity index (χ3v) is 3.42. The van der Waals surface area contributed by atoms with Crippen molar-refractivity contribution in [3.8, 4) is 23.0 Å². The molecule has 1 aliphatic rings. The van der Waals surface area contributed by atoms with E-state index >= 15 is 0 Å². The summed E-state index contributed by atoms with van der Waals surface area (Å²) in [7, 11) is 3.07. The van der Waals surface area contributed by atoms with Gasteiger partial charge in [-0.15, -0.1) is 0 Å². The number of phenols is 1. The van der Waals surface area contributed by atoms with Gasteiger partial charge in [0.05, 0.1) is 19.8 Å². The second-order valence-corrected chi connectivity index (χ2v) is 4.67. The van der Waals surface area contributed by atoms with Crippen LogP contribution < -0.4 is 14.2 Å². The lowest BCUT2D eigenvalue weighted by Crippen LogP contribution is -2.00. The zero-order valence-corrected chi connectivity index (χ0v) is 12.1. The summed E-state index contributed by atoms with van der Waals surface area (Å²) < 4.78 is 16.1. The van der Waals surface area contributed by atoms with Gasteiger partial charge in [-0.25, -0.2) is 0 Å². The van der Waals surface area contributed by atoms with Crippen molar-refractivity contribution in [1.82, 2.24) is 0 Å². The molecule has 2 aromatic carbocycles. The Labute approximate surface area is 127 Å². The van der Waals surface area contributed by atoms with Crippen LogP contribution in [0.15, 0.2) is 42.2 Å². The predicted molar refractivity (Wildman–Crippen MR) is 80.6 cm³/mol. The number of Topliss-reactive ketones (excluding diaryl/α,β-unsaturated/α-hetero) is 1. The summed E-state index contributed by atoms with van der Waals surface area (Å²) in [5.41, 5.74) is 0.769. The molecule has 1 aliphatic heterocycles. The summed E-state index contributed by atoms with van der Waals surface area (Å²) in [6.45, 7) is 0. The molecule has 0 aromatic heterocycles. The second kappa shape index (κ2) is 5.44. The highest BCUT2D eigenvalue weighted by Crippen LogP contribution is 2.39. The molecule has 2 aromatic rings. The molecule has 0 atom stereocenters. The van der Waals surface area contributed by atoms with Crippen molar-refractivity contribution in [3.05, 3.63) is 53.3 Å². The number of carbonyl (C=O) groups is 1. The van der Waals surface area contributed by atoms with Crippen molar-refractivity contribution in [2.24, 2.45) is 0 Å². The summed E-state index contributed by atoms with van der Waals surface area (Å²) in [6.07, 6.45) is 1.56. The van der Waals surface area contributed by atoms with Gasteiger partial charge in [-0.1, -0.05) is 12.1 Å². The molecule has 0 radical (unpaired) electrons. The Morgan fingerprint density at radius 3 is 2.27 bits per heavy atom. The van der Waals surface area contributed by atoms with E-state index in [1.54, 1.807) is 36.4 Å². The van der Waals surface area contributed by atoms with Crippen molar-refractivity contribution in [3.63, 3.8) is 0 Å². The topological polar surface area (TPSA) is 65.0 Å². The minimum Gasteiger partial charge on any atom is -0.507 e. The van der Waals surface area contributed by atoms with Crippen molar-refractivity contribution in [2.45, 2.75) is 0 Å². The predicted octanol–water partition coefficient (Wildman–Crippen LogP) is 3.03. The average molecular weight is 298 g/mol. The number of hydrogen-bond acceptors (Lipinski definition) is 5. The number of hydrogen-bond donors (Lipinski definition) is 1. The van der Waals surface area contributed by atoms with Gasteiger partial charge in [-0.05, 0) is 30.3 Å². The molecule has 0 unspecified atom stereocenters. The van der Waals surface area contributed by atoms with E-state index in [1.165, 1.54) is 20.3 Å². The summed E-state index contributed by atoms with van der Waals surface area (Å²) in [4.78, 5) is 12.4. The number of fused-ring (bicyclic) bond motifs is 1. The normalized spacial score (nSPS) is 14.6. The Morgan fingerprint density at radius 2 is 1.68 bits per heavy atom. The Morgan fingerprint density at radius 1 is 1.05 bits per heavy atom. The fourth-order valence-corrected chi connectivity index (χ4v) is 2.37. The number of rotatable bonds is 3. The first-order chi connectivity index (χ1) is 10.7. The molecule has 0 aliphatic carbocycles. The van der Waals surface area contributed by atoms with E-state index in [1.807, 2.05) is 0 Å². The van der Waals surface area contributed by atoms with E-state index in [-0.39, 0.29) is 22.9 Å². The van der Waals surface area contributed by atoms with Crippen LogP contribution in [0.3, 0.4) is 0 Å². The van der Waals surface area contributed by atoms with E-state index in [9.17, 15) is 9.90 Å². The van der Waals surface area contributed by atoms with Crippen LogP contribution in [-0.4, -0.2) is 25.1 Å². The molecule has 0 spiro atoms. The molecule has 0 bridgehead atoms. The molecule has 5 heteroatoms. The lowest BCUT2D eigenvalue weighted by molar-refractivity contribution is 0.101. The van der Waals surface area contributed by atoms with Crippen molar-refractivity contribution in [2.75, 3.05) is 14.2 Å². The Balaban J connectivity index is 2.09. The number of carbonyl (C=O) groups excluding carboxylic acids is 1. The van der Waals surface area contributed by atoms with Gasteiger partial charge in [0.1, 0.15) is 28.6 Å². The van der Waals surface area contributed by atoms with Gasteiger partial charge in [0, 0.05) is 0 Å². The maximum absolute atomic E-state index is 12.4. The average Bonchev–Trinajstić information content (AvgIpc) is 2.85. The zero-order chi connectivity index (χ0) is 15.7. The largest absolute Gasteiger partial charge is 0.507 e. The maximum Gasteiger partial charge on any atom is 0.235 e. The van der Waals surface area contributed by atoms with Gasteiger partial charge in [0.2, 0.25) is 5.78 Å². The van der Waals surface area contributed by atoms with Gasteiger partial charge in [0.25, 0.3) is 0 Å². The van der Waals surface area contributed by atoms with Crippen LogP contribution in [0, 0.1) is 0 Å². The number of phenolic OH excluding ortho intramolecular Hbond substituents is 1.